The highest BCUT2D eigenvalue weighted by atomic mass is 31.1. The summed E-state index contributed by atoms with van der Waals surface area (Å²) in [4.78, 5) is 13.7. The van der Waals surface area contributed by atoms with Crippen LogP contribution in [0.5, 0.6) is 0 Å². The fraction of sp³-hybridized carbons (Fsp3) is 0.152. The minimum Gasteiger partial charge on any atom is -0.378 e. The fourth-order valence-corrected chi connectivity index (χ4v) is 6.57. The standard InChI is InChI=1S/C33H32N5P/c1-36(2)25-15-17-34-32(21-25)38-30-12-7-6-11-28(30)29-14-13-24(20-31(29)38)23-9-8-10-27(19-23)39(5)33-22-26(37(3)4)16-18-35-33/h6-22H,1-5H3. The first-order chi connectivity index (χ1) is 18.9. The molecule has 0 saturated carbocycles. The van der Waals surface area contributed by atoms with E-state index in [9.17, 15) is 0 Å². The summed E-state index contributed by atoms with van der Waals surface area (Å²) in [5.41, 5.74) is 8.15. The summed E-state index contributed by atoms with van der Waals surface area (Å²) in [6, 6.07) is 32.8. The van der Waals surface area contributed by atoms with Gasteiger partial charge in [-0.1, -0.05) is 48.5 Å². The van der Waals surface area contributed by atoms with Crippen molar-refractivity contribution in [3.8, 4) is 16.9 Å². The van der Waals surface area contributed by atoms with Gasteiger partial charge in [-0.05, 0) is 67.4 Å². The van der Waals surface area contributed by atoms with Crippen LogP contribution in [0.25, 0.3) is 38.8 Å². The number of fused-ring (bicyclic) bond motifs is 3. The number of anilines is 2. The van der Waals surface area contributed by atoms with Gasteiger partial charge in [-0.2, -0.15) is 0 Å². The van der Waals surface area contributed by atoms with Crippen LogP contribution < -0.4 is 20.5 Å². The molecule has 3 heterocycles. The Balaban J connectivity index is 1.47. The number of aromatic nitrogens is 3. The summed E-state index contributed by atoms with van der Waals surface area (Å²) in [7, 11) is 7.68. The largest absolute Gasteiger partial charge is 0.378 e. The van der Waals surface area contributed by atoms with Crippen LogP contribution in [-0.4, -0.2) is 49.4 Å². The van der Waals surface area contributed by atoms with Crippen LogP contribution in [0.3, 0.4) is 0 Å². The lowest BCUT2D eigenvalue weighted by Crippen LogP contribution is -2.17. The first-order valence-corrected chi connectivity index (χ1v) is 14.8. The SMILES string of the molecule is CN(C)c1ccnc(-n2c3ccccc3c3ccc(-c4cccc(P(C)c5cc(N(C)C)ccn5)c4)cc32)c1. The highest BCUT2D eigenvalue weighted by Gasteiger charge is 2.16. The van der Waals surface area contributed by atoms with E-state index in [1.807, 2.05) is 18.5 Å². The zero-order valence-electron chi connectivity index (χ0n) is 23.0. The minimum absolute atomic E-state index is 0.579. The number of rotatable bonds is 6. The zero-order valence-corrected chi connectivity index (χ0v) is 23.9. The Bertz CT molecular complexity index is 1800. The number of hydrogen-bond acceptors (Lipinski definition) is 4. The third-order valence-corrected chi connectivity index (χ3v) is 9.29. The van der Waals surface area contributed by atoms with Crippen molar-refractivity contribution in [3.63, 3.8) is 0 Å². The quantitative estimate of drug-likeness (QED) is 0.233. The lowest BCUT2D eigenvalue weighted by atomic mass is 10.0. The maximum atomic E-state index is 4.79. The summed E-state index contributed by atoms with van der Waals surface area (Å²) in [6.07, 6.45) is 3.81. The topological polar surface area (TPSA) is 37.2 Å². The van der Waals surface area contributed by atoms with E-state index < -0.39 is 7.92 Å². The molecule has 0 saturated heterocycles. The predicted molar refractivity (Wildman–Crippen MR) is 169 cm³/mol. The second-order valence-electron chi connectivity index (χ2n) is 10.2. The molecule has 0 fully saturated rings. The van der Waals surface area contributed by atoms with Crippen LogP contribution in [0.2, 0.25) is 0 Å². The van der Waals surface area contributed by atoms with Gasteiger partial charge in [-0.3, -0.25) is 9.55 Å². The van der Waals surface area contributed by atoms with Gasteiger partial charge in [0.1, 0.15) is 5.82 Å². The van der Waals surface area contributed by atoms with Crippen molar-refractivity contribution in [2.75, 3.05) is 44.7 Å². The lowest BCUT2D eigenvalue weighted by molar-refractivity contribution is 1.05. The van der Waals surface area contributed by atoms with Gasteiger partial charge >= 0.3 is 0 Å². The Morgan fingerprint density at radius 2 is 1.31 bits per heavy atom. The Kier molecular flexibility index (Phi) is 6.54. The van der Waals surface area contributed by atoms with Crippen molar-refractivity contribution in [1.29, 1.82) is 0 Å². The van der Waals surface area contributed by atoms with Crippen molar-refractivity contribution >= 4 is 51.8 Å². The zero-order chi connectivity index (χ0) is 27.1. The molecule has 6 rings (SSSR count). The summed E-state index contributed by atoms with van der Waals surface area (Å²) in [5.74, 6) is 0.919. The van der Waals surface area contributed by atoms with Gasteiger partial charge in [0.05, 0.1) is 16.5 Å². The van der Waals surface area contributed by atoms with Crippen LogP contribution in [0.15, 0.2) is 103 Å². The third-order valence-electron chi connectivity index (χ3n) is 7.30. The van der Waals surface area contributed by atoms with E-state index in [0.29, 0.717) is 0 Å². The Morgan fingerprint density at radius 3 is 2.10 bits per heavy atom. The van der Waals surface area contributed by atoms with E-state index in [-0.39, 0.29) is 0 Å². The van der Waals surface area contributed by atoms with Gasteiger partial charge in [0.15, 0.2) is 0 Å². The third kappa shape index (κ3) is 4.64. The molecule has 1 atom stereocenters. The van der Waals surface area contributed by atoms with E-state index in [1.54, 1.807) is 0 Å². The molecule has 0 aliphatic rings. The van der Waals surface area contributed by atoms with Crippen LogP contribution in [0.1, 0.15) is 0 Å². The Hall–Kier alpha value is -4.21. The second kappa shape index (κ2) is 10.2. The maximum Gasteiger partial charge on any atom is 0.139 e. The number of para-hydroxylation sites is 1. The Morgan fingerprint density at radius 1 is 0.615 bits per heavy atom. The molecule has 0 amide bonds. The molecule has 0 aliphatic heterocycles. The molecule has 0 N–H and O–H groups in total. The van der Waals surface area contributed by atoms with E-state index in [0.717, 1.165) is 28.0 Å². The van der Waals surface area contributed by atoms with Gasteiger partial charge in [0, 0.05) is 68.8 Å². The molecule has 6 heteroatoms. The highest BCUT2D eigenvalue weighted by molar-refractivity contribution is 7.72. The summed E-state index contributed by atoms with van der Waals surface area (Å²) >= 11 is 0. The summed E-state index contributed by atoms with van der Waals surface area (Å²) in [5, 5.41) is 3.77. The van der Waals surface area contributed by atoms with Crippen molar-refractivity contribution in [2.24, 2.45) is 0 Å². The monoisotopic (exact) mass is 529 g/mol. The summed E-state index contributed by atoms with van der Waals surface area (Å²) in [6.45, 7) is 2.29. The van der Waals surface area contributed by atoms with E-state index >= 15 is 0 Å². The van der Waals surface area contributed by atoms with Gasteiger partial charge < -0.3 is 9.80 Å². The van der Waals surface area contributed by atoms with Gasteiger partial charge in [0.25, 0.3) is 0 Å². The van der Waals surface area contributed by atoms with Gasteiger partial charge in [-0.25, -0.2) is 4.98 Å². The van der Waals surface area contributed by atoms with Crippen LogP contribution in [0.4, 0.5) is 11.4 Å². The maximum absolute atomic E-state index is 4.79. The smallest absolute Gasteiger partial charge is 0.139 e. The highest BCUT2D eigenvalue weighted by Crippen LogP contribution is 2.36. The molecule has 39 heavy (non-hydrogen) atoms. The molecular formula is C33H32N5P. The molecule has 5 nitrogen and oxygen atoms in total. The van der Waals surface area contributed by atoms with Gasteiger partial charge in [0.2, 0.25) is 0 Å². The molecule has 3 aromatic carbocycles. The Labute approximate surface area is 231 Å². The fourth-order valence-electron chi connectivity index (χ4n) is 5.10. The molecule has 0 spiro atoms. The molecule has 1 unspecified atom stereocenters. The number of nitrogens with zero attached hydrogens (tertiary/aromatic N) is 5. The van der Waals surface area contributed by atoms with Crippen molar-refractivity contribution in [3.05, 3.63) is 103 Å². The molecule has 0 aliphatic carbocycles. The van der Waals surface area contributed by atoms with E-state index in [4.69, 9.17) is 9.97 Å². The van der Waals surface area contributed by atoms with E-state index in [2.05, 4.69) is 134 Å². The molecular weight excluding hydrogens is 497 g/mol. The number of pyridine rings is 2. The van der Waals surface area contributed by atoms with Crippen molar-refractivity contribution in [2.45, 2.75) is 0 Å². The minimum atomic E-state index is -0.579. The second-order valence-corrected chi connectivity index (χ2v) is 12.3. The number of benzene rings is 3. The molecule has 3 aromatic heterocycles. The molecule has 194 valence electrons. The van der Waals surface area contributed by atoms with Crippen LogP contribution in [-0.2, 0) is 0 Å². The van der Waals surface area contributed by atoms with Crippen LogP contribution in [0, 0.1) is 0 Å². The molecule has 6 aromatic rings. The predicted octanol–water partition coefficient (Wildman–Crippen LogP) is 6.44. The average molecular weight is 530 g/mol. The van der Waals surface area contributed by atoms with Crippen molar-refractivity contribution in [1.82, 2.24) is 14.5 Å². The number of hydrogen-bond donors (Lipinski definition) is 0. The van der Waals surface area contributed by atoms with E-state index in [1.165, 1.54) is 32.9 Å². The normalized spacial score (nSPS) is 12.1. The lowest BCUT2D eigenvalue weighted by Gasteiger charge is -2.17. The van der Waals surface area contributed by atoms with Gasteiger partial charge in [-0.15, -0.1) is 0 Å². The molecule has 0 radical (unpaired) electrons. The van der Waals surface area contributed by atoms with Crippen molar-refractivity contribution < 1.29 is 0 Å². The van der Waals surface area contributed by atoms with Crippen LogP contribution >= 0.6 is 7.92 Å². The summed E-state index contributed by atoms with van der Waals surface area (Å²) < 4.78 is 2.29. The first-order valence-electron chi connectivity index (χ1n) is 13.1. The average Bonchev–Trinajstić information content (AvgIpc) is 3.30. The first kappa shape index (κ1) is 25.1. The molecule has 0 bridgehead atoms.